The fourth-order valence-electron chi connectivity index (χ4n) is 3.08. The van der Waals surface area contributed by atoms with Crippen molar-refractivity contribution in [2.24, 2.45) is 0 Å². The zero-order valence-corrected chi connectivity index (χ0v) is 16.3. The second kappa shape index (κ2) is 7.84. The van der Waals surface area contributed by atoms with Crippen LogP contribution in [0.4, 0.5) is 5.69 Å². The molecule has 1 amide bonds. The number of carbonyl (C=O) groups excluding carboxylic acids is 1. The number of hydrogen-bond donors (Lipinski definition) is 0. The molecule has 2 aromatic rings. The Morgan fingerprint density at radius 2 is 2.00 bits per heavy atom. The van der Waals surface area contributed by atoms with Crippen molar-refractivity contribution in [1.29, 1.82) is 0 Å². The minimum Gasteiger partial charge on any atom is -0.486 e. The molecule has 0 aliphatic carbocycles. The van der Waals surface area contributed by atoms with E-state index in [1.54, 1.807) is 11.8 Å². The number of para-hydroxylation sites is 1. The lowest BCUT2D eigenvalue weighted by Crippen LogP contribution is -2.33. The maximum Gasteiger partial charge on any atom is 0.237 e. The number of thioether (sulfide) groups is 2. The van der Waals surface area contributed by atoms with E-state index in [1.165, 1.54) is 4.90 Å². The molecule has 0 saturated carbocycles. The maximum atomic E-state index is 12.9. The van der Waals surface area contributed by atoms with Gasteiger partial charge in [-0.25, -0.2) is 0 Å². The minimum absolute atomic E-state index is 0.145. The van der Waals surface area contributed by atoms with Gasteiger partial charge in [0.25, 0.3) is 0 Å². The largest absolute Gasteiger partial charge is 0.486 e. The van der Waals surface area contributed by atoms with Crippen LogP contribution in [0.2, 0.25) is 0 Å². The van der Waals surface area contributed by atoms with Gasteiger partial charge in [-0.15, -0.1) is 23.5 Å². The Morgan fingerprint density at radius 1 is 1.19 bits per heavy atom. The van der Waals surface area contributed by atoms with Gasteiger partial charge >= 0.3 is 0 Å². The Bertz CT molecular complexity index is 811. The van der Waals surface area contributed by atoms with Crippen LogP contribution in [0.25, 0.3) is 0 Å². The Hall–Kier alpha value is -1.79. The number of amides is 1. The third kappa shape index (κ3) is 3.81. The highest BCUT2D eigenvalue weighted by atomic mass is 32.2. The fraction of sp³-hybridized carbons (Fsp3) is 0.350. The van der Waals surface area contributed by atoms with Gasteiger partial charge in [0.05, 0.1) is 11.4 Å². The van der Waals surface area contributed by atoms with Gasteiger partial charge in [0.2, 0.25) is 5.91 Å². The molecular formula is C20H21NO3S2. The molecule has 0 radical (unpaired) electrons. The first-order valence-corrected chi connectivity index (χ1v) is 10.7. The molecule has 0 saturated heterocycles. The predicted molar refractivity (Wildman–Crippen MR) is 107 cm³/mol. The molecule has 2 aliphatic rings. The third-order valence-electron chi connectivity index (χ3n) is 4.42. The van der Waals surface area contributed by atoms with Crippen LogP contribution in [0.1, 0.15) is 13.3 Å². The quantitative estimate of drug-likeness (QED) is 0.727. The molecule has 26 heavy (non-hydrogen) atoms. The summed E-state index contributed by atoms with van der Waals surface area (Å²) in [6.07, 6.45) is 1.000. The van der Waals surface area contributed by atoms with Gasteiger partial charge in [-0.3, -0.25) is 4.79 Å². The van der Waals surface area contributed by atoms with E-state index in [2.05, 4.69) is 13.0 Å². The number of benzene rings is 2. The van der Waals surface area contributed by atoms with E-state index in [1.807, 2.05) is 53.1 Å². The summed E-state index contributed by atoms with van der Waals surface area (Å²) in [5.74, 6) is 2.10. The van der Waals surface area contributed by atoms with Crippen molar-refractivity contribution in [3.63, 3.8) is 0 Å². The van der Waals surface area contributed by atoms with Gasteiger partial charge < -0.3 is 14.4 Å². The molecule has 0 N–H and O–H groups in total. The van der Waals surface area contributed by atoms with Gasteiger partial charge in [0, 0.05) is 21.6 Å². The summed E-state index contributed by atoms with van der Waals surface area (Å²) >= 11 is 3.40. The van der Waals surface area contributed by atoms with Crippen molar-refractivity contribution in [1.82, 2.24) is 0 Å². The normalized spacial score (nSPS) is 18.8. The summed E-state index contributed by atoms with van der Waals surface area (Å²) in [5.41, 5.74) is 1.04. The molecule has 0 bridgehead atoms. The highest BCUT2D eigenvalue weighted by molar-refractivity contribution is 8.00. The first-order chi connectivity index (χ1) is 12.7. The molecule has 2 aromatic carbocycles. The monoisotopic (exact) mass is 387 g/mol. The van der Waals surface area contributed by atoms with E-state index < -0.39 is 0 Å². The van der Waals surface area contributed by atoms with E-state index in [9.17, 15) is 4.79 Å². The first kappa shape index (κ1) is 17.6. The topological polar surface area (TPSA) is 38.8 Å². The van der Waals surface area contributed by atoms with Crippen molar-refractivity contribution < 1.29 is 14.3 Å². The molecule has 0 unspecified atom stereocenters. The lowest BCUT2D eigenvalue weighted by Gasteiger charge is -2.22. The van der Waals surface area contributed by atoms with E-state index in [4.69, 9.17) is 9.47 Å². The first-order valence-electron chi connectivity index (χ1n) is 8.79. The van der Waals surface area contributed by atoms with Crippen molar-refractivity contribution in [3.8, 4) is 11.5 Å². The predicted octanol–water partition coefficient (Wildman–Crippen LogP) is 4.47. The van der Waals surface area contributed by atoms with Gasteiger partial charge in [-0.1, -0.05) is 19.1 Å². The average molecular weight is 388 g/mol. The lowest BCUT2D eigenvalue weighted by atomic mass is 10.2. The number of nitrogens with zero attached hydrogens (tertiary/aromatic N) is 1. The molecule has 1 atom stereocenters. The van der Waals surface area contributed by atoms with Gasteiger partial charge in [-0.2, -0.15) is 0 Å². The number of carbonyl (C=O) groups is 1. The summed E-state index contributed by atoms with van der Waals surface area (Å²) in [7, 11) is 0. The van der Waals surface area contributed by atoms with Gasteiger partial charge in [-0.05, 0) is 36.8 Å². The Balaban J connectivity index is 1.46. The fourth-order valence-corrected chi connectivity index (χ4v) is 5.00. The Morgan fingerprint density at radius 3 is 2.88 bits per heavy atom. The van der Waals surface area contributed by atoms with Crippen LogP contribution in [0.3, 0.4) is 0 Å². The van der Waals surface area contributed by atoms with E-state index in [0.717, 1.165) is 35.0 Å². The molecule has 0 spiro atoms. The van der Waals surface area contributed by atoms with Crippen LogP contribution in [-0.4, -0.2) is 36.7 Å². The smallest absolute Gasteiger partial charge is 0.237 e. The maximum absolute atomic E-state index is 12.9. The van der Waals surface area contributed by atoms with Gasteiger partial charge in [0.1, 0.15) is 13.2 Å². The molecule has 136 valence electrons. The zero-order valence-electron chi connectivity index (χ0n) is 14.6. The summed E-state index contributed by atoms with van der Waals surface area (Å²) in [6, 6.07) is 14.1. The second-order valence-corrected chi connectivity index (χ2v) is 8.85. The average Bonchev–Trinajstić information content (AvgIpc) is 2.84. The highest BCUT2D eigenvalue weighted by Gasteiger charge is 2.24. The highest BCUT2D eigenvalue weighted by Crippen LogP contribution is 2.38. The Kier molecular flexibility index (Phi) is 5.31. The van der Waals surface area contributed by atoms with Crippen molar-refractivity contribution in [3.05, 3.63) is 42.5 Å². The minimum atomic E-state index is 0.145. The molecule has 6 heteroatoms. The summed E-state index contributed by atoms with van der Waals surface area (Å²) < 4.78 is 11.2. The van der Waals surface area contributed by atoms with Crippen molar-refractivity contribution in [2.75, 3.05) is 30.4 Å². The van der Waals surface area contributed by atoms with E-state index >= 15 is 0 Å². The molecule has 4 nitrogen and oxygen atoms in total. The summed E-state index contributed by atoms with van der Waals surface area (Å²) in [4.78, 5) is 17.1. The number of ether oxygens (including phenoxy) is 2. The number of fused-ring (bicyclic) bond motifs is 2. The van der Waals surface area contributed by atoms with Crippen molar-refractivity contribution >= 4 is 35.1 Å². The second-order valence-electron chi connectivity index (χ2n) is 6.32. The summed E-state index contributed by atoms with van der Waals surface area (Å²) in [6.45, 7) is 4.15. The SMILES string of the molecule is C[C@@H]1CCN(C(=O)CSc2ccc3c(c2)OCCO3)c2ccccc2S1. The number of hydrogen-bond acceptors (Lipinski definition) is 5. The van der Waals surface area contributed by atoms with Crippen LogP contribution < -0.4 is 14.4 Å². The van der Waals surface area contributed by atoms with Gasteiger partial charge in [0.15, 0.2) is 11.5 Å². The van der Waals surface area contributed by atoms with Crippen LogP contribution in [0.5, 0.6) is 11.5 Å². The number of anilines is 1. The third-order valence-corrected chi connectivity index (χ3v) is 6.64. The van der Waals surface area contributed by atoms with Crippen molar-refractivity contribution in [2.45, 2.75) is 28.4 Å². The standard InChI is InChI=1S/C20H21NO3S2/c1-14-8-9-21(16-4-2-3-5-19(16)26-14)20(22)13-25-15-6-7-17-18(12-15)24-11-10-23-17/h2-7,12,14H,8-11,13H2,1H3/t14-/m1/s1. The van der Waals surface area contributed by atoms with Crippen LogP contribution >= 0.6 is 23.5 Å². The van der Waals surface area contributed by atoms with Crippen LogP contribution in [-0.2, 0) is 4.79 Å². The summed E-state index contributed by atoms with van der Waals surface area (Å²) in [5, 5.41) is 0.513. The Labute approximate surface area is 162 Å². The van der Waals surface area contributed by atoms with E-state index in [-0.39, 0.29) is 5.91 Å². The number of rotatable bonds is 3. The molecule has 0 fully saturated rings. The lowest BCUT2D eigenvalue weighted by molar-refractivity contribution is -0.116. The van der Waals surface area contributed by atoms with E-state index in [0.29, 0.717) is 24.2 Å². The zero-order chi connectivity index (χ0) is 17.9. The van der Waals surface area contributed by atoms with Crippen LogP contribution in [0, 0.1) is 0 Å². The van der Waals surface area contributed by atoms with Crippen LogP contribution in [0.15, 0.2) is 52.3 Å². The molecule has 4 rings (SSSR count). The molecule has 2 heterocycles. The molecule has 2 aliphatic heterocycles. The molecule has 0 aromatic heterocycles. The molecular weight excluding hydrogens is 366 g/mol.